The fraction of sp³-hybridized carbons (Fsp3) is 0.107. The summed E-state index contributed by atoms with van der Waals surface area (Å²) >= 11 is 6.10. The number of benzene rings is 3. The molecule has 0 spiro atoms. The van der Waals surface area contributed by atoms with E-state index in [1.807, 2.05) is 12.1 Å². The lowest BCUT2D eigenvalue weighted by molar-refractivity contribution is -0.135. The quantitative estimate of drug-likeness (QED) is 0.208. The molecule has 0 saturated carbocycles. The minimum atomic E-state index is -0.741. The summed E-state index contributed by atoms with van der Waals surface area (Å²) in [7, 11) is 1.54. The van der Waals surface area contributed by atoms with Crippen molar-refractivity contribution in [3.8, 4) is 17.2 Å². The number of ether oxygens (including phenoxy) is 3. The highest BCUT2D eigenvalue weighted by Gasteiger charge is 2.39. The Morgan fingerprint density at radius 1 is 1.03 bits per heavy atom. The number of esters is 1. The van der Waals surface area contributed by atoms with E-state index >= 15 is 0 Å². The van der Waals surface area contributed by atoms with Gasteiger partial charge in [-0.25, -0.2) is 0 Å². The second-order valence-corrected chi connectivity index (χ2v) is 8.86. The minimum absolute atomic E-state index is 0.0934. The highest BCUT2D eigenvalue weighted by atomic mass is 35.5. The van der Waals surface area contributed by atoms with Crippen LogP contribution in [0.4, 0.5) is 0 Å². The third-order valence-electron chi connectivity index (χ3n) is 6.34. The number of carbonyl (C=O) groups is 2. The Kier molecular flexibility index (Phi) is 5.16. The van der Waals surface area contributed by atoms with Crippen LogP contribution in [0, 0.1) is 0 Å². The van der Waals surface area contributed by atoms with Gasteiger partial charge in [0.15, 0.2) is 11.2 Å². The molecule has 0 unspecified atom stereocenters. The molecule has 178 valence electrons. The molecule has 8 heteroatoms. The van der Waals surface area contributed by atoms with E-state index in [-0.39, 0.29) is 40.5 Å². The van der Waals surface area contributed by atoms with Crippen LogP contribution in [-0.4, -0.2) is 18.9 Å². The average molecular weight is 501 g/mol. The van der Waals surface area contributed by atoms with Gasteiger partial charge in [0.1, 0.15) is 22.8 Å². The summed E-state index contributed by atoms with van der Waals surface area (Å²) in [6.45, 7) is 0. The Bertz CT molecular complexity index is 1680. The van der Waals surface area contributed by atoms with Crippen LogP contribution in [0.25, 0.3) is 17.0 Å². The van der Waals surface area contributed by atoms with Gasteiger partial charge in [0.05, 0.1) is 30.7 Å². The van der Waals surface area contributed by atoms with E-state index in [1.165, 1.54) is 12.3 Å². The first kappa shape index (κ1) is 22.1. The van der Waals surface area contributed by atoms with Crippen molar-refractivity contribution in [3.05, 3.63) is 104 Å². The molecule has 0 fully saturated rings. The highest BCUT2D eigenvalue weighted by molar-refractivity contribution is 6.31. The molecular weight excluding hydrogens is 484 g/mol. The zero-order valence-corrected chi connectivity index (χ0v) is 19.6. The topological polar surface area (TPSA) is 92.0 Å². The molecule has 0 aliphatic carbocycles. The molecule has 1 atom stereocenters. The average Bonchev–Trinajstić information content (AvgIpc) is 3.19. The van der Waals surface area contributed by atoms with Crippen LogP contribution in [0.5, 0.6) is 17.2 Å². The summed E-state index contributed by atoms with van der Waals surface area (Å²) in [5.74, 6) is -0.420. The smallest absolute Gasteiger partial charge is 0.312 e. The maximum atomic E-state index is 13.4. The van der Waals surface area contributed by atoms with E-state index < -0.39 is 11.9 Å². The summed E-state index contributed by atoms with van der Waals surface area (Å²) < 4.78 is 22.6. The normalized spacial score (nSPS) is 17.5. The number of carbonyl (C=O) groups excluding carboxylic acids is 2. The molecule has 36 heavy (non-hydrogen) atoms. The number of halogens is 1. The summed E-state index contributed by atoms with van der Waals surface area (Å²) in [6.07, 6.45) is 2.82. The van der Waals surface area contributed by atoms with E-state index in [0.717, 1.165) is 0 Å². The summed E-state index contributed by atoms with van der Waals surface area (Å²) in [4.78, 5) is 39.1. The van der Waals surface area contributed by atoms with Gasteiger partial charge >= 0.3 is 5.97 Å². The van der Waals surface area contributed by atoms with Crippen LogP contribution in [0.15, 0.2) is 75.8 Å². The molecular formula is C28H17ClO7. The molecule has 0 bridgehead atoms. The van der Waals surface area contributed by atoms with Gasteiger partial charge in [-0.1, -0.05) is 29.8 Å². The van der Waals surface area contributed by atoms with E-state index in [2.05, 4.69) is 0 Å². The van der Waals surface area contributed by atoms with Gasteiger partial charge in [-0.05, 0) is 42.5 Å². The van der Waals surface area contributed by atoms with Crippen molar-refractivity contribution in [2.45, 2.75) is 12.3 Å². The second kappa shape index (κ2) is 8.39. The number of hydrogen-bond donors (Lipinski definition) is 0. The molecule has 4 aromatic rings. The molecule has 1 aromatic heterocycles. The Hall–Kier alpha value is -4.36. The van der Waals surface area contributed by atoms with E-state index in [0.29, 0.717) is 38.4 Å². The minimum Gasteiger partial charge on any atom is -0.496 e. The SMILES string of the molecule is COc1ccccc1/C=C1\Oc2c(ccc3c2[C@@H](c2coc4ccc(Cl)cc4c2=O)CC(=O)O3)C1=O. The van der Waals surface area contributed by atoms with Crippen molar-refractivity contribution in [2.24, 2.45) is 0 Å². The third-order valence-corrected chi connectivity index (χ3v) is 6.58. The largest absolute Gasteiger partial charge is 0.496 e. The first-order valence-electron chi connectivity index (χ1n) is 11.1. The van der Waals surface area contributed by atoms with Crippen LogP contribution in [-0.2, 0) is 4.79 Å². The molecule has 7 nitrogen and oxygen atoms in total. The highest BCUT2D eigenvalue weighted by Crippen LogP contribution is 2.48. The third kappa shape index (κ3) is 3.48. The first-order chi connectivity index (χ1) is 17.4. The number of para-hydroxylation sites is 1. The number of fused-ring (bicyclic) bond motifs is 4. The molecule has 2 aliphatic heterocycles. The Balaban J connectivity index is 1.51. The van der Waals surface area contributed by atoms with Crippen LogP contribution in [0.1, 0.15) is 39.4 Å². The van der Waals surface area contributed by atoms with Gasteiger partial charge in [-0.15, -0.1) is 0 Å². The molecule has 0 N–H and O–H groups in total. The van der Waals surface area contributed by atoms with Gasteiger partial charge in [-0.2, -0.15) is 0 Å². The molecule has 3 aromatic carbocycles. The van der Waals surface area contributed by atoms with Gasteiger partial charge in [-0.3, -0.25) is 14.4 Å². The summed E-state index contributed by atoms with van der Waals surface area (Å²) in [5.41, 5.74) is 1.72. The lowest BCUT2D eigenvalue weighted by Gasteiger charge is -2.25. The molecule has 0 saturated heterocycles. The van der Waals surface area contributed by atoms with E-state index in [4.69, 9.17) is 30.2 Å². The zero-order chi connectivity index (χ0) is 25.0. The summed E-state index contributed by atoms with van der Waals surface area (Å²) in [5, 5.41) is 0.679. The number of rotatable bonds is 3. The Morgan fingerprint density at radius 2 is 1.86 bits per heavy atom. The zero-order valence-electron chi connectivity index (χ0n) is 18.9. The van der Waals surface area contributed by atoms with Crippen LogP contribution in [0.2, 0.25) is 5.02 Å². The van der Waals surface area contributed by atoms with Crippen molar-refractivity contribution in [2.75, 3.05) is 7.11 Å². The fourth-order valence-corrected chi connectivity index (χ4v) is 4.83. The van der Waals surface area contributed by atoms with Crippen LogP contribution in [0.3, 0.4) is 0 Å². The Morgan fingerprint density at radius 3 is 2.69 bits per heavy atom. The van der Waals surface area contributed by atoms with Gasteiger partial charge < -0.3 is 18.6 Å². The van der Waals surface area contributed by atoms with Gasteiger partial charge in [0.2, 0.25) is 5.78 Å². The molecule has 2 aliphatic rings. The number of Topliss-reactive ketones (excluding diaryl/α,β-unsaturated/α-hetero) is 1. The second-order valence-electron chi connectivity index (χ2n) is 8.43. The number of methoxy groups -OCH3 is 1. The number of ketones is 1. The van der Waals surface area contributed by atoms with Crippen molar-refractivity contribution in [1.29, 1.82) is 0 Å². The predicted molar refractivity (Wildman–Crippen MR) is 132 cm³/mol. The monoisotopic (exact) mass is 500 g/mol. The number of hydrogen-bond acceptors (Lipinski definition) is 7. The molecule has 0 radical (unpaired) electrons. The van der Waals surface area contributed by atoms with E-state index in [9.17, 15) is 14.4 Å². The maximum Gasteiger partial charge on any atom is 0.312 e. The van der Waals surface area contributed by atoms with Crippen molar-refractivity contribution >= 4 is 40.4 Å². The van der Waals surface area contributed by atoms with Crippen molar-refractivity contribution in [3.63, 3.8) is 0 Å². The summed E-state index contributed by atoms with van der Waals surface area (Å²) in [6, 6.07) is 15.1. The lowest BCUT2D eigenvalue weighted by Crippen LogP contribution is -2.25. The fourth-order valence-electron chi connectivity index (χ4n) is 4.66. The predicted octanol–water partition coefficient (Wildman–Crippen LogP) is 5.51. The van der Waals surface area contributed by atoms with Crippen LogP contribution >= 0.6 is 11.6 Å². The first-order valence-corrected chi connectivity index (χ1v) is 11.5. The van der Waals surface area contributed by atoms with Crippen LogP contribution < -0.4 is 19.6 Å². The molecule has 6 rings (SSSR count). The van der Waals surface area contributed by atoms with E-state index in [1.54, 1.807) is 49.6 Å². The molecule has 3 heterocycles. The maximum absolute atomic E-state index is 13.4. The van der Waals surface area contributed by atoms with Crippen molar-refractivity contribution in [1.82, 2.24) is 0 Å². The van der Waals surface area contributed by atoms with Gasteiger partial charge in [0, 0.05) is 27.6 Å². The number of allylic oxidation sites excluding steroid dienone is 1. The lowest BCUT2D eigenvalue weighted by atomic mass is 9.85. The van der Waals surface area contributed by atoms with Gasteiger partial charge in [0.25, 0.3) is 0 Å². The van der Waals surface area contributed by atoms with Crippen molar-refractivity contribution < 1.29 is 28.2 Å². The molecule has 0 amide bonds. The Labute approximate surface area is 209 Å². The standard InChI is InChI=1S/C28H17ClO7/c1-33-20-5-3-2-4-14(20)10-23-27(32)16-7-9-22-25(28(16)36-23)17(12-24(30)35-22)19-13-34-21-8-6-15(29)11-18(21)26(19)31/h2-11,13,17H,12H2,1H3/b23-10-/t17-/m1/s1.